The van der Waals surface area contributed by atoms with Gasteiger partial charge in [-0.15, -0.1) is 0 Å². The molecule has 1 aliphatic heterocycles. The smallest absolute Gasteiger partial charge is 0.303 e. The van der Waals surface area contributed by atoms with Gasteiger partial charge in [0.15, 0.2) is 0 Å². The van der Waals surface area contributed by atoms with Crippen molar-refractivity contribution in [3.05, 3.63) is 0 Å². The first kappa shape index (κ1) is 11.3. The Morgan fingerprint density at radius 3 is 2.80 bits per heavy atom. The molecule has 2 rings (SSSR count). The first-order valence-electron chi connectivity index (χ1n) is 5.69. The van der Waals surface area contributed by atoms with Crippen LogP contribution in [0.4, 0.5) is 0 Å². The highest BCUT2D eigenvalue weighted by atomic mass is 32.2. The normalized spacial score (nSPS) is 40.1. The van der Waals surface area contributed by atoms with Gasteiger partial charge in [-0.25, -0.2) is 0 Å². The van der Waals surface area contributed by atoms with Crippen molar-refractivity contribution in [1.29, 1.82) is 0 Å². The van der Waals surface area contributed by atoms with Crippen LogP contribution in [0.3, 0.4) is 0 Å². The fourth-order valence-corrected chi connectivity index (χ4v) is 4.83. The molecular formula is C11H19NO2S. The number of rotatable bonds is 3. The first-order valence-corrected chi connectivity index (χ1v) is 6.68. The Morgan fingerprint density at radius 2 is 2.20 bits per heavy atom. The summed E-state index contributed by atoms with van der Waals surface area (Å²) in [6, 6.07) is 0. The highest BCUT2D eigenvalue weighted by Gasteiger charge is 2.45. The summed E-state index contributed by atoms with van der Waals surface area (Å²) < 4.78 is 0.393. The van der Waals surface area contributed by atoms with Crippen molar-refractivity contribution in [2.24, 2.45) is 17.6 Å². The van der Waals surface area contributed by atoms with E-state index in [-0.39, 0.29) is 0 Å². The largest absolute Gasteiger partial charge is 0.481 e. The number of aliphatic carboxylic acids is 1. The highest BCUT2D eigenvalue weighted by molar-refractivity contribution is 8.00. The Kier molecular flexibility index (Phi) is 3.26. The van der Waals surface area contributed by atoms with Crippen molar-refractivity contribution in [2.45, 2.75) is 36.9 Å². The fraction of sp³-hybridized carbons (Fsp3) is 0.909. The maximum Gasteiger partial charge on any atom is 0.303 e. The van der Waals surface area contributed by atoms with Crippen molar-refractivity contribution < 1.29 is 9.90 Å². The molecule has 0 bridgehead atoms. The summed E-state index contributed by atoms with van der Waals surface area (Å²) in [6.45, 7) is 0.798. The Morgan fingerprint density at radius 1 is 1.47 bits per heavy atom. The van der Waals surface area contributed by atoms with Gasteiger partial charge in [0.1, 0.15) is 0 Å². The molecule has 4 heteroatoms. The lowest BCUT2D eigenvalue weighted by molar-refractivity contribution is -0.137. The predicted molar refractivity (Wildman–Crippen MR) is 61.9 cm³/mol. The van der Waals surface area contributed by atoms with Gasteiger partial charge < -0.3 is 10.8 Å². The van der Waals surface area contributed by atoms with E-state index in [9.17, 15) is 4.79 Å². The van der Waals surface area contributed by atoms with Crippen molar-refractivity contribution in [2.75, 3.05) is 12.3 Å². The fourth-order valence-electron chi connectivity index (χ4n) is 3.03. The molecular weight excluding hydrogens is 210 g/mol. The van der Waals surface area contributed by atoms with Crippen LogP contribution in [0, 0.1) is 11.8 Å². The van der Waals surface area contributed by atoms with Gasteiger partial charge >= 0.3 is 5.97 Å². The molecule has 1 aliphatic carbocycles. The van der Waals surface area contributed by atoms with Crippen LogP contribution < -0.4 is 5.73 Å². The second kappa shape index (κ2) is 4.34. The van der Waals surface area contributed by atoms with E-state index in [0.717, 1.165) is 18.7 Å². The van der Waals surface area contributed by atoms with Crippen molar-refractivity contribution in [1.82, 2.24) is 0 Å². The summed E-state index contributed by atoms with van der Waals surface area (Å²) >= 11 is 2.00. The van der Waals surface area contributed by atoms with Crippen LogP contribution in [-0.2, 0) is 4.79 Å². The average Bonchev–Trinajstić information content (AvgIpc) is 2.74. The van der Waals surface area contributed by atoms with E-state index in [1.54, 1.807) is 0 Å². The van der Waals surface area contributed by atoms with Crippen LogP contribution in [0.25, 0.3) is 0 Å². The molecule has 2 fully saturated rings. The van der Waals surface area contributed by atoms with E-state index in [2.05, 4.69) is 0 Å². The molecule has 86 valence electrons. The first-order chi connectivity index (χ1) is 7.13. The van der Waals surface area contributed by atoms with Gasteiger partial charge in [-0.05, 0) is 49.8 Å². The zero-order valence-electron chi connectivity index (χ0n) is 8.95. The Bertz CT molecular complexity index is 259. The summed E-state index contributed by atoms with van der Waals surface area (Å²) in [4.78, 5) is 10.6. The minimum atomic E-state index is -0.647. The lowest BCUT2D eigenvalue weighted by Gasteiger charge is -2.22. The maximum atomic E-state index is 10.6. The monoisotopic (exact) mass is 229 g/mol. The van der Waals surface area contributed by atoms with Crippen LogP contribution in [0.2, 0.25) is 0 Å². The molecule has 1 spiro atoms. The Hall–Kier alpha value is -0.220. The van der Waals surface area contributed by atoms with Gasteiger partial charge in [0.25, 0.3) is 0 Å². The number of carbonyl (C=O) groups is 1. The van der Waals surface area contributed by atoms with Crippen LogP contribution in [0.5, 0.6) is 0 Å². The van der Waals surface area contributed by atoms with Gasteiger partial charge in [-0.1, -0.05) is 0 Å². The van der Waals surface area contributed by atoms with Crippen LogP contribution in [0.1, 0.15) is 32.1 Å². The SMILES string of the molecule is NCC1CCC2(C1)CC(CC(=O)O)CS2. The van der Waals surface area contributed by atoms with Gasteiger partial charge in [-0.2, -0.15) is 11.8 Å². The third-order valence-corrected chi connectivity index (χ3v) is 5.54. The zero-order valence-corrected chi connectivity index (χ0v) is 9.76. The van der Waals surface area contributed by atoms with Gasteiger partial charge in [0, 0.05) is 11.2 Å². The van der Waals surface area contributed by atoms with Gasteiger partial charge in [0.05, 0.1) is 0 Å². The Balaban J connectivity index is 1.89. The summed E-state index contributed by atoms with van der Waals surface area (Å²) in [5.41, 5.74) is 5.70. The molecule has 1 saturated carbocycles. The molecule has 1 saturated heterocycles. The highest BCUT2D eigenvalue weighted by Crippen LogP contribution is 2.53. The van der Waals surface area contributed by atoms with Gasteiger partial charge in [0.2, 0.25) is 0 Å². The van der Waals surface area contributed by atoms with E-state index in [1.165, 1.54) is 19.3 Å². The second-order valence-corrected chi connectivity index (χ2v) is 6.49. The molecule has 3 atom stereocenters. The molecule has 0 aromatic rings. The van der Waals surface area contributed by atoms with E-state index in [0.29, 0.717) is 23.0 Å². The lowest BCUT2D eigenvalue weighted by Crippen LogP contribution is -2.20. The number of nitrogens with two attached hydrogens (primary N) is 1. The standard InChI is InChI=1S/C11H19NO2S/c12-6-8-1-2-11(4-8)5-9(7-15-11)3-10(13)14/h8-9H,1-7,12H2,(H,13,14). The third kappa shape index (κ3) is 2.48. The van der Waals surface area contributed by atoms with Crippen LogP contribution in [-0.4, -0.2) is 28.1 Å². The molecule has 3 nitrogen and oxygen atoms in total. The van der Waals surface area contributed by atoms with Gasteiger partial charge in [-0.3, -0.25) is 4.79 Å². The minimum absolute atomic E-state index is 0.349. The van der Waals surface area contributed by atoms with E-state index >= 15 is 0 Å². The number of carboxylic acid groups (broad SMARTS) is 1. The number of thioether (sulfide) groups is 1. The molecule has 0 aromatic carbocycles. The minimum Gasteiger partial charge on any atom is -0.481 e. The van der Waals surface area contributed by atoms with Crippen LogP contribution >= 0.6 is 11.8 Å². The van der Waals surface area contributed by atoms with E-state index in [1.807, 2.05) is 11.8 Å². The van der Waals surface area contributed by atoms with Crippen LogP contribution in [0.15, 0.2) is 0 Å². The lowest BCUT2D eigenvalue weighted by atomic mass is 9.91. The number of hydrogen-bond acceptors (Lipinski definition) is 3. The van der Waals surface area contributed by atoms with E-state index in [4.69, 9.17) is 10.8 Å². The Labute approximate surface area is 94.8 Å². The predicted octanol–water partition coefficient (Wildman–Crippen LogP) is 1.71. The van der Waals surface area contributed by atoms with Crippen molar-refractivity contribution >= 4 is 17.7 Å². The number of hydrogen-bond donors (Lipinski definition) is 2. The van der Waals surface area contributed by atoms with E-state index < -0.39 is 5.97 Å². The summed E-state index contributed by atoms with van der Waals surface area (Å²) in [5.74, 6) is 1.46. The maximum absolute atomic E-state index is 10.6. The summed E-state index contributed by atoms with van der Waals surface area (Å²) in [7, 11) is 0. The molecule has 15 heavy (non-hydrogen) atoms. The third-order valence-electron chi connectivity index (χ3n) is 3.75. The second-order valence-electron chi connectivity index (χ2n) is 5.01. The van der Waals surface area contributed by atoms with Crippen molar-refractivity contribution in [3.8, 4) is 0 Å². The molecule has 3 N–H and O–H groups in total. The molecule has 0 radical (unpaired) electrons. The summed E-state index contributed by atoms with van der Waals surface area (Å²) in [6.07, 6.45) is 5.14. The molecule has 3 unspecified atom stereocenters. The van der Waals surface area contributed by atoms with Crippen molar-refractivity contribution in [3.63, 3.8) is 0 Å². The zero-order chi connectivity index (χ0) is 10.9. The molecule has 0 aromatic heterocycles. The number of carboxylic acids is 1. The molecule has 0 amide bonds. The molecule has 1 heterocycles. The molecule has 2 aliphatic rings. The summed E-state index contributed by atoms with van der Waals surface area (Å²) in [5, 5.41) is 8.77. The topological polar surface area (TPSA) is 63.3 Å². The quantitative estimate of drug-likeness (QED) is 0.773. The average molecular weight is 229 g/mol.